The number of amides is 1. The Morgan fingerprint density at radius 3 is 2.81 bits per heavy atom. The molecule has 0 radical (unpaired) electrons. The van der Waals surface area contributed by atoms with Crippen LogP contribution in [-0.4, -0.2) is 71.7 Å². The number of carbonyl (C=O) groups excluding carboxylic acids is 1. The Bertz CT molecular complexity index is 1130. The lowest BCUT2D eigenvalue weighted by molar-refractivity contribution is -0.137. The highest BCUT2D eigenvalue weighted by Gasteiger charge is 2.33. The molecule has 2 saturated heterocycles. The summed E-state index contributed by atoms with van der Waals surface area (Å²) < 4.78 is 9.39. The number of nitrogens with zero attached hydrogens (tertiary/aromatic N) is 7. The number of imidazole rings is 1. The van der Waals surface area contributed by atoms with Crippen LogP contribution in [0.25, 0.3) is 22.6 Å². The first kappa shape index (κ1) is 21.4. The average molecular weight is 456 g/mol. The Kier molecular flexibility index (Phi) is 5.90. The van der Waals surface area contributed by atoms with Crippen molar-refractivity contribution in [2.45, 2.75) is 49.9 Å². The molecule has 0 N–H and O–H groups in total. The smallest absolute Gasteiger partial charge is 0.225 e. The van der Waals surface area contributed by atoms with Gasteiger partial charge in [0.25, 0.3) is 0 Å². The van der Waals surface area contributed by atoms with Gasteiger partial charge in [0.1, 0.15) is 22.7 Å². The van der Waals surface area contributed by atoms with Gasteiger partial charge in [-0.1, -0.05) is 11.8 Å². The molecule has 0 aromatic carbocycles. The third kappa shape index (κ3) is 3.79. The number of ether oxygens (including phenoxy) is 1. The second kappa shape index (κ2) is 8.82. The predicted molar refractivity (Wildman–Crippen MR) is 122 cm³/mol. The molecule has 0 spiro atoms. The molecule has 1 atom stereocenters. The van der Waals surface area contributed by atoms with Crippen molar-refractivity contribution < 1.29 is 9.53 Å². The molecule has 2 aliphatic heterocycles. The summed E-state index contributed by atoms with van der Waals surface area (Å²) in [5.74, 6) is 1.25. The van der Waals surface area contributed by atoms with Crippen molar-refractivity contribution in [2.24, 2.45) is 13.0 Å². The van der Waals surface area contributed by atoms with E-state index < -0.39 is 0 Å². The monoisotopic (exact) mass is 455 g/mol. The van der Waals surface area contributed by atoms with E-state index in [-0.39, 0.29) is 11.8 Å². The van der Waals surface area contributed by atoms with Gasteiger partial charge in [-0.25, -0.2) is 15.0 Å². The van der Waals surface area contributed by atoms with E-state index in [1.165, 1.54) is 0 Å². The van der Waals surface area contributed by atoms with Gasteiger partial charge in [-0.15, -0.1) is 0 Å². The fourth-order valence-electron chi connectivity index (χ4n) is 4.68. The summed E-state index contributed by atoms with van der Waals surface area (Å²) in [6.45, 7) is 7.92. The van der Waals surface area contributed by atoms with Crippen molar-refractivity contribution in [1.82, 2.24) is 34.2 Å². The fourth-order valence-corrected chi connectivity index (χ4v) is 5.83. The SMILES string of the molecule is CCn1ncc(-c2nc3c(S[C@H]4CCN(C(=O)C5CCOCC5)C4)ncnc3n2C)c1C. The first-order chi connectivity index (χ1) is 15.6. The maximum Gasteiger partial charge on any atom is 0.225 e. The summed E-state index contributed by atoms with van der Waals surface area (Å²) in [5.41, 5.74) is 3.73. The lowest BCUT2D eigenvalue weighted by Crippen LogP contribution is -2.37. The zero-order valence-corrected chi connectivity index (χ0v) is 19.6. The number of hydrogen-bond donors (Lipinski definition) is 0. The van der Waals surface area contributed by atoms with Crippen molar-refractivity contribution >= 4 is 28.8 Å². The minimum absolute atomic E-state index is 0.115. The maximum atomic E-state index is 12.9. The minimum Gasteiger partial charge on any atom is -0.381 e. The molecular weight excluding hydrogens is 426 g/mol. The van der Waals surface area contributed by atoms with Crippen LogP contribution in [0.15, 0.2) is 17.6 Å². The van der Waals surface area contributed by atoms with Crippen LogP contribution in [0.1, 0.15) is 31.9 Å². The standard InChI is InChI=1S/C22H29N7O2S/c1-4-29-14(2)17(11-25-29)19-26-18-20(27(19)3)23-13-24-21(18)32-16-5-8-28(12-16)22(30)15-6-9-31-10-7-15/h11,13,15-16H,4-10,12H2,1-3H3/t16-/m0/s1. The Balaban J connectivity index is 1.36. The largest absolute Gasteiger partial charge is 0.381 e. The van der Waals surface area contributed by atoms with Crippen LogP contribution in [0, 0.1) is 12.8 Å². The zero-order chi connectivity index (χ0) is 22.2. The van der Waals surface area contributed by atoms with Gasteiger partial charge in [0, 0.05) is 56.8 Å². The van der Waals surface area contributed by atoms with E-state index in [4.69, 9.17) is 9.72 Å². The van der Waals surface area contributed by atoms with Crippen LogP contribution >= 0.6 is 11.8 Å². The number of fused-ring (bicyclic) bond motifs is 1. The van der Waals surface area contributed by atoms with Crippen LogP contribution in [0.5, 0.6) is 0 Å². The van der Waals surface area contributed by atoms with Crippen LogP contribution in [-0.2, 0) is 23.1 Å². The molecule has 3 aromatic heterocycles. The van der Waals surface area contributed by atoms with Gasteiger partial charge < -0.3 is 14.2 Å². The minimum atomic E-state index is 0.115. The normalized spacial score (nSPS) is 19.8. The van der Waals surface area contributed by atoms with Crippen molar-refractivity contribution in [3.05, 3.63) is 18.2 Å². The molecule has 2 fully saturated rings. The molecule has 0 unspecified atom stereocenters. The van der Waals surface area contributed by atoms with E-state index in [0.717, 1.165) is 72.2 Å². The molecule has 0 aliphatic carbocycles. The third-order valence-corrected chi connectivity index (χ3v) is 7.81. The third-order valence-electron chi connectivity index (χ3n) is 6.57. The van der Waals surface area contributed by atoms with E-state index in [2.05, 4.69) is 28.9 Å². The summed E-state index contributed by atoms with van der Waals surface area (Å²) in [7, 11) is 1.98. The van der Waals surface area contributed by atoms with Gasteiger partial charge >= 0.3 is 0 Å². The number of likely N-dealkylation sites (tertiary alicyclic amines) is 1. The van der Waals surface area contributed by atoms with Gasteiger partial charge in [0.15, 0.2) is 5.65 Å². The molecule has 5 rings (SSSR count). The molecule has 0 saturated carbocycles. The number of hydrogen-bond acceptors (Lipinski definition) is 7. The van der Waals surface area contributed by atoms with Crippen molar-refractivity contribution in [3.8, 4) is 11.4 Å². The number of carbonyl (C=O) groups is 1. The molecule has 1 amide bonds. The molecule has 3 aromatic rings. The highest BCUT2D eigenvalue weighted by molar-refractivity contribution is 8.00. The van der Waals surface area contributed by atoms with E-state index in [9.17, 15) is 4.79 Å². The van der Waals surface area contributed by atoms with Crippen molar-refractivity contribution in [3.63, 3.8) is 0 Å². The number of thioether (sulfide) groups is 1. The topological polar surface area (TPSA) is 91.0 Å². The van der Waals surface area contributed by atoms with Gasteiger partial charge in [-0.3, -0.25) is 9.48 Å². The second-order valence-corrected chi connectivity index (χ2v) is 9.79. The van der Waals surface area contributed by atoms with Crippen LogP contribution in [0.4, 0.5) is 0 Å². The molecule has 10 heteroatoms. The summed E-state index contributed by atoms with van der Waals surface area (Å²) in [5, 5.41) is 5.66. The van der Waals surface area contributed by atoms with Crippen molar-refractivity contribution in [1.29, 1.82) is 0 Å². The van der Waals surface area contributed by atoms with E-state index in [1.54, 1.807) is 18.1 Å². The van der Waals surface area contributed by atoms with Crippen molar-refractivity contribution in [2.75, 3.05) is 26.3 Å². The second-order valence-electron chi connectivity index (χ2n) is 8.50. The zero-order valence-electron chi connectivity index (χ0n) is 18.8. The lowest BCUT2D eigenvalue weighted by Gasteiger charge is -2.26. The summed E-state index contributed by atoms with van der Waals surface area (Å²) >= 11 is 1.71. The first-order valence-electron chi connectivity index (χ1n) is 11.3. The molecular formula is C22H29N7O2S. The Morgan fingerprint density at radius 1 is 1.25 bits per heavy atom. The van der Waals surface area contributed by atoms with Gasteiger partial charge in [-0.2, -0.15) is 5.10 Å². The molecule has 0 bridgehead atoms. The number of rotatable bonds is 5. The average Bonchev–Trinajstić information content (AvgIpc) is 3.52. The quantitative estimate of drug-likeness (QED) is 0.546. The van der Waals surface area contributed by atoms with Crippen LogP contribution in [0.2, 0.25) is 0 Å². The number of aryl methyl sites for hydroxylation is 2. The van der Waals surface area contributed by atoms with E-state index >= 15 is 0 Å². The summed E-state index contributed by atoms with van der Waals surface area (Å²) in [6, 6.07) is 0. The maximum absolute atomic E-state index is 12.9. The molecule has 9 nitrogen and oxygen atoms in total. The molecule has 5 heterocycles. The van der Waals surface area contributed by atoms with Gasteiger partial charge in [0.05, 0.1) is 11.8 Å². The molecule has 32 heavy (non-hydrogen) atoms. The lowest BCUT2D eigenvalue weighted by atomic mass is 9.99. The Morgan fingerprint density at radius 2 is 2.06 bits per heavy atom. The molecule has 2 aliphatic rings. The Labute approximate surface area is 191 Å². The summed E-state index contributed by atoms with van der Waals surface area (Å²) in [6.07, 6.45) is 6.12. The highest BCUT2D eigenvalue weighted by atomic mass is 32.2. The fraction of sp³-hybridized carbons (Fsp3) is 0.591. The highest BCUT2D eigenvalue weighted by Crippen LogP contribution is 2.35. The first-order valence-corrected chi connectivity index (χ1v) is 12.2. The van der Waals surface area contributed by atoms with Crippen LogP contribution in [0.3, 0.4) is 0 Å². The number of aromatic nitrogens is 6. The van der Waals surface area contributed by atoms with Gasteiger partial charge in [-0.05, 0) is 33.1 Å². The Hall–Kier alpha value is -2.46. The predicted octanol–water partition coefficient (Wildman–Crippen LogP) is 2.67. The van der Waals surface area contributed by atoms with E-state index in [1.807, 2.05) is 27.4 Å². The summed E-state index contributed by atoms with van der Waals surface area (Å²) in [4.78, 5) is 28.9. The van der Waals surface area contributed by atoms with E-state index in [0.29, 0.717) is 18.5 Å². The van der Waals surface area contributed by atoms with Crippen LogP contribution < -0.4 is 0 Å². The van der Waals surface area contributed by atoms with Gasteiger partial charge in [0.2, 0.25) is 5.91 Å². The molecule has 170 valence electrons.